The molecule has 1 N–H and O–H groups in total. The fraction of sp³-hybridized carbons (Fsp3) is 0.500. The monoisotopic (exact) mass is 365 g/mol. The van der Waals surface area contributed by atoms with Crippen LogP contribution in [-0.2, 0) is 16.1 Å². The number of nitrogens with one attached hydrogen (secondary N) is 1. The van der Waals surface area contributed by atoms with Gasteiger partial charge in [0.1, 0.15) is 0 Å². The summed E-state index contributed by atoms with van der Waals surface area (Å²) in [6.07, 6.45) is 2.67. The molecule has 1 aromatic rings. The molecule has 0 radical (unpaired) electrons. The third-order valence-electron chi connectivity index (χ3n) is 4.77. The average Bonchev–Trinajstić information content (AvgIpc) is 3.17. The maximum absolute atomic E-state index is 12.7. The van der Waals surface area contributed by atoms with E-state index in [0.29, 0.717) is 18.4 Å². The van der Waals surface area contributed by atoms with Gasteiger partial charge in [-0.1, -0.05) is 12.1 Å². The Kier molecular flexibility index (Phi) is 6.56. The van der Waals surface area contributed by atoms with E-state index in [-0.39, 0.29) is 42.7 Å². The molecule has 7 heteroatoms. The second kappa shape index (κ2) is 8.45. The predicted molar refractivity (Wildman–Crippen MR) is 96.5 cm³/mol. The lowest BCUT2D eigenvalue weighted by Crippen LogP contribution is -2.40. The molecule has 0 aromatic heterocycles. The van der Waals surface area contributed by atoms with E-state index in [0.717, 1.165) is 31.5 Å². The van der Waals surface area contributed by atoms with Crippen LogP contribution in [0.5, 0.6) is 0 Å². The molecule has 1 aromatic carbocycles. The highest BCUT2D eigenvalue weighted by atomic mass is 35.5. The maximum Gasteiger partial charge on any atom is 0.254 e. The van der Waals surface area contributed by atoms with Crippen LogP contribution in [0.1, 0.15) is 41.6 Å². The van der Waals surface area contributed by atoms with Gasteiger partial charge >= 0.3 is 0 Å². The largest absolute Gasteiger partial charge is 0.334 e. The molecule has 6 nitrogen and oxygen atoms in total. The molecule has 3 rings (SSSR count). The van der Waals surface area contributed by atoms with Crippen molar-refractivity contribution in [3.05, 3.63) is 35.4 Å². The van der Waals surface area contributed by atoms with Crippen molar-refractivity contribution >= 4 is 30.1 Å². The molecule has 0 bridgehead atoms. The molecule has 2 saturated heterocycles. The smallest absolute Gasteiger partial charge is 0.254 e. The first-order valence-electron chi connectivity index (χ1n) is 8.48. The normalized spacial score (nSPS) is 20.1. The SMILES string of the molecule is CNCC1CCCN1C(=O)c1ccc(CN2C(=O)CCC2=O)cc1.Cl. The van der Waals surface area contributed by atoms with Gasteiger partial charge in [0.05, 0.1) is 6.54 Å². The number of rotatable bonds is 5. The Morgan fingerprint density at radius 2 is 1.80 bits per heavy atom. The molecular formula is C18H24ClN3O3. The summed E-state index contributed by atoms with van der Waals surface area (Å²) >= 11 is 0. The number of halogens is 1. The average molecular weight is 366 g/mol. The Morgan fingerprint density at radius 1 is 1.16 bits per heavy atom. The topological polar surface area (TPSA) is 69.7 Å². The van der Waals surface area contributed by atoms with Crippen LogP contribution < -0.4 is 5.32 Å². The molecular weight excluding hydrogens is 342 g/mol. The van der Waals surface area contributed by atoms with E-state index in [9.17, 15) is 14.4 Å². The minimum atomic E-state index is -0.118. The van der Waals surface area contributed by atoms with Gasteiger partial charge in [0.15, 0.2) is 0 Å². The van der Waals surface area contributed by atoms with Crippen molar-refractivity contribution in [2.24, 2.45) is 0 Å². The van der Waals surface area contributed by atoms with E-state index in [1.165, 1.54) is 4.90 Å². The van der Waals surface area contributed by atoms with Crippen LogP contribution in [0.3, 0.4) is 0 Å². The number of carbonyl (C=O) groups excluding carboxylic acids is 3. The highest BCUT2D eigenvalue weighted by Crippen LogP contribution is 2.21. The Morgan fingerprint density at radius 3 is 2.40 bits per heavy atom. The minimum Gasteiger partial charge on any atom is -0.334 e. The summed E-state index contributed by atoms with van der Waals surface area (Å²) in [4.78, 5) is 39.2. The van der Waals surface area contributed by atoms with E-state index < -0.39 is 0 Å². The standard InChI is InChI=1S/C18H23N3O3.ClH/c1-19-11-15-3-2-10-20(15)18(24)14-6-4-13(5-7-14)12-21-16(22)8-9-17(21)23;/h4-7,15,19H,2-3,8-12H2,1H3;1H. The highest BCUT2D eigenvalue weighted by Gasteiger charge is 2.30. The molecule has 2 aliphatic rings. The molecule has 25 heavy (non-hydrogen) atoms. The summed E-state index contributed by atoms with van der Waals surface area (Å²) in [7, 11) is 1.90. The van der Waals surface area contributed by atoms with Crippen LogP contribution in [-0.4, -0.2) is 53.7 Å². The Hall–Kier alpha value is -1.92. The van der Waals surface area contributed by atoms with Crippen LogP contribution in [0.15, 0.2) is 24.3 Å². The van der Waals surface area contributed by atoms with Gasteiger partial charge in [-0.15, -0.1) is 12.4 Å². The number of imide groups is 1. The fourth-order valence-corrected chi connectivity index (χ4v) is 3.45. The molecule has 3 amide bonds. The number of likely N-dealkylation sites (tertiary alicyclic amines) is 2. The zero-order valence-electron chi connectivity index (χ0n) is 14.4. The number of likely N-dealkylation sites (N-methyl/N-ethyl adjacent to an activating group) is 1. The summed E-state index contributed by atoms with van der Waals surface area (Å²) in [5.74, 6) is -0.188. The zero-order valence-corrected chi connectivity index (χ0v) is 15.2. The highest BCUT2D eigenvalue weighted by molar-refractivity contribution is 6.01. The molecule has 0 spiro atoms. The van der Waals surface area contributed by atoms with Crippen LogP contribution in [0.4, 0.5) is 0 Å². The first-order chi connectivity index (χ1) is 11.6. The third kappa shape index (κ3) is 4.19. The van der Waals surface area contributed by atoms with Crippen molar-refractivity contribution in [3.8, 4) is 0 Å². The van der Waals surface area contributed by atoms with Crippen LogP contribution in [0.2, 0.25) is 0 Å². The van der Waals surface area contributed by atoms with Crippen molar-refractivity contribution in [1.29, 1.82) is 0 Å². The van der Waals surface area contributed by atoms with E-state index in [1.54, 1.807) is 12.1 Å². The number of carbonyl (C=O) groups is 3. The second-order valence-corrected chi connectivity index (χ2v) is 6.42. The van der Waals surface area contributed by atoms with E-state index >= 15 is 0 Å². The van der Waals surface area contributed by atoms with Gasteiger partial charge in [-0.05, 0) is 37.6 Å². The van der Waals surface area contributed by atoms with Gasteiger partial charge in [-0.25, -0.2) is 0 Å². The minimum absolute atomic E-state index is 0. The van der Waals surface area contributed by atoms with E-state index in [2.05, 4.69) is 5.32 Å². The second-order valence-electron chi connectivity index (χ2n) is 6.42. The molecule has 1 unspecified atom stereocenters. The summed E-state index contributed by atoms with van der Waals surface area (Å²) in [5.41, 5.74) is 1.52. The Bertz CT molecular complexity index is 631. The summed E-state index contributed by atoms with van der Waals surface area (Å²) in [6.45, 7) is 1.89. The fourth-order valence-electron chi connectivity index (χ4n) is 3.45. The van der Waals surface area contributed by atoms with Gasteiger partial charge in [-0.3, -0.25) is 19.3 Å². The lowest BCUT2D eigenvalue weighted by molar-refractivity contribution is -0.139. The van der Waals surface area contributed by atoms with Gasteiger partial charge in [0.2, 0.25) is 11.8 Å². The summed E-state index contributed by atoms with van der Waals surface area (Å²) in [6, 6.07) is 7.49. The van der Waals surface area contributed by atoms with Gasteiger partial charge in [0.25, 0.3) is 5.91 Å². The van der Waals surface area contributed by atoms with Crippen LogP contribution in [0, 0.1) is 0 Å². The van der Waals surface area contributed by atoms with E-state index in [1.807, 2.05) is 24.1 Å². The van der Waals surface area contributed by atoms with Crippen molar-refractivity contribution in [2.45, 2.75) is 38.3 Å². The quantitative estimate of drug-likeness (QED) is 0.804. The van der Waals surface area contributed by atoms with Gasteiger partial charge in [0, 0.05) is 37.5 Å². The van der Waals surface area contributed by atoms with Crippen molar-refractivity contribution in [1.82, 2.24) is 15.1 Å². The van der Waals surface area contributed by atoms with Crippen molar-refractivity contribution < 1.29 is 14.4 Å². The first-order valence-corrected chi connectivity index (χ1v) is 8.48. The first kappa shape index (κ1) is 19.4. The van der Waals surface area contributed by atoms with Gasteiger partial charge < -0.3 is 10.2 Å². The third-order valence-corrected chi connectivity index (χ3v) is 4.77. The molecule has 0 aliphatic carbocycles. The Labute approximate surface area is 154 Å². The van der Waals surface area contributed by atoms with Crippen molar-refractivity contribution in [2.75, 3.05) is 20.1 Å². The number of hydrogen-bond acceptors (Lipinski definition) is 4. The lowest BCUT2D eigenvalue weighted by atomic mass is 10.1. The molecule has 2 fully saturated rings. The summed E-state index contributed by atoms with van der Waals surface area (Å²) in [5, 5.41) is 3.14. The van der Waals surface area contributed by atoms with E-state index in [4.69, 9.17) is 0 Å². The molecule has 1 atom stereocenters. The molecule has 0 saturated carbocycles. The lowest BCUT2D eigenvalue weighted by Gasteiger charge is -2.24. The number of benzene rings is 1. The number of amides is 3. The molecule has 136 valence electrons. The maximum atomic E-state index is 12.7. The van der Waals surface area contributed by atoms with Crippen LogP contribution >= 0.6 is 12.4 Å². The predicted octanol–water partition coefficient (Wildman–Crippen LogP) is 1.58. The Balaban J connectivity index is 0.00000225. The van der Waals surface area contributed by atoms with Crippen molar-refractivity contribution in [3.63, 3.8) is 0 Å². The van der Waals surface area contributed by atoms with Gasteiger partial charge in [-0.2, -0.15) is 0 Å². The van der Waals surface area contributed by atoms with Crippen LogP contribution in [0.25, 0.3) is 0 Å². The molecule has 2 aliphatic heterocycles. The number of nitrogens with zero attached hydrogens (tertiary/aromatic N) is 2. The molecule has 2 heterocycles. The number of hydrogen-bond donors (Lipinski definition) is 1. The summed E-state index contributed by atoms with van der Waals surface area (Å²) < 4.78 is 0. The zero-order chi connectivity index (χ0) is 17.1.